The number of hydrogen-bond donors (Lipinski definition) is 0. The van der Waals surface area contributed by atoms with Crippen LogP contribution < -0.4 is 0 Å². The zero-order valence-corrected chi connectivity index (χ0v) is 18.4. The normalized spacial score (nSPS) is 17.5. The molecule has 7 heteroatoms. The van der Waals surface area contributed by atoms with E-state index in [0.717, 1.165) is 23.2 Å². The molecule has 2 aromatic rings. The Balaban J connectivity index is 1.38. The molecule has 2 heterocycles. The number of aromatic nitrogens is 2. The molecule has 1 aliphatic heterocycles. The lowest BCUT2D eigenvalue weighted by atomic mass is 10.0. The van der Waals surface area contributed by atoms with Gasteiger partial charge >= 0.3 is 0 Å². The first-order valence-corrected chi connectivity index (χ1v) is 12.1. The smallest absolute Gasteiger partial charge is 0.272 e. The van der Waals surface area contributed by atoms with Crippen molar-refractivity contribution in [2.45, 2.75) is 43.7 Å². The van der Waals surface area contributed by atoms with E-state index < -0.39 is 0 Å². The molecule has 0 spiro atoms. The van der Waals surface area contributed by atoms with Gasteiger partial charge in [-0.1, -0.05) is 55.6 Å². The minimum Gasteiger partial charge on any atom is -0.339 e. The molecule has 4 rings (SSSR count). The second-order valence-electron chi connectivity index (χ2n) is 8.16. The minimum atomic E-state index is -0.0234. The largest absolute Gasteiger partial charge is 0.339 e. The summed E-state index contributed by atoms with van der Waals surface area (Å²) in [5.41, 5.74) is 1.51. The maximum absolute atomic E-state index is 13.3. The summed E-state index contributed by atoms with van der Waals surface area (Å²) >= 11 is 1.52. The third-order valence-corrected chi connectivity index (χ3v) is 6.96. The summed E-state index contributed by atoms with van der Waals surface area (Å²) in [5.74, 6) is 0.957. The van der Waals surface area contributed by atoms with Crippen LogP contribution in [0.5, 0.6) is 0 Å². The number of carbonyl (C=O) groups is 2. The monoisotopic (exact) mass is 426 g/mol. The molecule has 160 valence electrons. The van der Waals surface area contributed by atoms with Crippen molar-refractivity contribution in [3.8, 4) is 5.69 Å². The van der Waals surface area contributed by atoms with Crippen LogP contribution in [0.25, 0.3) is 5.69 Å². The first-order valence-electron chi connectivity index (χ1n) is 10.9. The highest BCUT2D eigenvalue weighted by atomic mass is 32.2. The Morgan fingerprint density at radius 3 is 2.37 bits per heavy atom. The molecular weight excluding hydrogens is 396 g/mol. The molecule has 2 amide bonds. The van der Waals surface area contributed by atoms with Crippen molar-refractivity contribution in [1.29, 1.82) is 0 Å². The van der Waals surface area contributed by atoms with Crippen LogP contribution in [0.2, 0.25) is 0 Å². The molecule has 0 N–H and O–H groups in total. The first kappa shape index (κ1) is 21.0. The van der Waals surface area contributed by atoms with Crippen molar-refractivity contribution in [2.24, 2.45) is 5.92 Å². The van der Waals surface area contributed by atoms with Crippen molar-refractivity contribution in [1.82, 2.24) is 19.4 Å². The average molecular weight is 427 g/mol. The molecule has 1 aromatic carbocycles. The zero-order valence-electron chi connectivity index (χ0n) is 17.6. The number of para-hydroxylation sites is 1. The van der Waals surface area contributed by atoms with Gasteiger partial charge in [0.1, 0.15) is 5.69 Å². The molecule has 1 aromatic heterocycles. The second kappa shape index (κ2) is 9.69. The van der Waals surface area contributed by atoms with E-state index in [1.54, 1.807) is 6.20 Å². The van der Waals surface area contributed by atoms with Gasteiger partial charge in [-0.15, -0.1) is 0 Å². The zero-order chi connectivity index (χ0) is 20.9. The maximum Gasteiger partial charge on any atom is 0.272 e. The SMILES string of the molecule is CSc1ncc(C(=O)N2CCN(C(=O)CCC3CCCC3)CC2)n1-c1ccccc1. The molecule has 6 nitrogen and oxygen atoms in total. The van der Waals surface area contributed by atoms with Crippen LogP contribution in [-0.2, 0) is 4.79 Å². The number of nitrogens with zero attached hydrogens (tertiary/aromatic N) is 4. The van der Waals surface area contributed by atoms with Gasteiger partial charge in [-0.05, 0) is 30.7 Å². The Labute approximate surface area is 182 Å². The van der Waals surface area contributed by atoms with Crippen LogP contribution in [0, 0.1) is 5.92 Å². The van der Waals surface area contributed by atoms with E-state index >= 15 is 0 Å². The molecule has 0 atom stereocenters. The number of rotatable bonds is 6. The van der Waals surface area contributed by atoms with Gasteiger partial charge in [-0.2, -0.15) is 0 Å². The Bertz CT molecular complexity index is 869. The molecule has 1 saturated carbocycles. The fourth-order valence-corrected chi connectivity index (χ4v) is 5.11. The molecule has 1 aliphatic carbocycles. The van der Waals surface area contributed by atoms with Crippen LogP contribution in [-0.4, -0.2) is 63.6 Å². The third-order valence-electron chi connectivity index (χ3n) is 6.31. The van der Waals surface area contributed by atoms with Crippen LogP contribution in [0.15, 0.2) is 41.7 Å². The van der Waals surface area contributed by atoms with E-state index in [4.69, 9.17) is 0 Å². The summed E-state index contributed by atoms with van der Waals surface area (Å²) in [6, 6.07) is 9.86. The summed E-state index contributed by atoms with van der Waals surface area (Å²) in [7, 11) is 0. The van der Waals surface area contributed by atoms with Gasteiger partial charge in [0, 0.05) is 38.3 Å². The number of benzene rings is 1. The van der Waals surface area contributed by atoms with Gasteiger partial charge in [0.05, 0.1) is 6.20 Å². The molecule has 30 heavy (non-hydrogen) atoms. The number of thioether (sulfide) groups is 1. The van der Waals surface area contributed by atoms with E-state index in [2.05, 4.69) is 4.98 Å². The predicted molar refractivity (Wildman–Crippen MR) is 119 cm³/mol. The Morgan fingerprint density at radius 1 is 1.03 bits per heavy atom. The topological polar surface area (TPSA) is 58.4 Å². The van der Waals surface area contributed by atoms with Crippen LogP contribution in [0.1, 0.15) is 49.0 Å². The highest BCUT2D eigenvalue weighted by Crippen LogP contribution is 2.29. The first-order chi connectivity index (χ1) is 14.7. The molecule has 2 fully saturated rings. The number of carbonyl (C=O) groups excluding carboxylic acids is 2. The van der Waals surface area contributed by atoms with Gasteiger partial charge in [0.15, 0.2) is 5.16 Å². The molecule has 1 saturated heterocycles. The summed E-state index contributed by atoms with van der Waals surface area (Å²) in [6.07, 6.45) is 10.5. The summed E-state index contributed by atoms with van der Waals surface area (Å²) < 4.78 is 1.92. The maximum atomic E-state index is 13.3. The number of hydrogen-bond acceptors (Lipinski definition) is 4. The van der Waals surface area contributed by atoms with Crippen molar-refractivity contribution >= 4 is 23.6 Å². The Hall–Kier alpha value is -2.28. The van der Waals surface area contributed by atoms with E-state index in [-0.39, 0.29) is 11.8 Å². The highest BCUT2D eigenvalue weighted by Gasteiger charge is 2.28. The quantitative estimate of drug-likeness (QED) is 0.659. The predicted octanol–water partition coefficient (Wildman–Crippen LogP) is 3.85. The van der Waals surface area contributed by atoms with Crippen LogP contribution in [0.4, 0.5) is 0 Å². The lowest BCUT2D eigenvalue weighted by molar-refractivity contribution is -0.133. The molecule has 2 aliphatic rings. The molecule has 0 unspecified atom stereocenters. The van der Waals surface area contributed by atoms with E-state index in [1.165, 1.54) is 37.4 Å². The number of amides is 2. The Kier molecular flexibility index (Phi) is 6.77. The average Bonchev–Trinajstić information content (AvgIpc) is 3.47. The lowest BCUT2D eigenvalue weighted by Crippen LogP contribution is -2.50. The van der Waals surface area contributed by atoms with Gasteiger partial charge in [-0.3, -0.25) is 14.2 Å². The van der Waals surface area contributed by atoms with Crippen LogP contribution >= 0.6 is 11.8 Å². The summed E-state index contributed by atoms with van der Waals surface area (Å²) in [6.45, 7) is 2.37. The Morgan fingerprint density at radius 2 is 1.70 bits per heavy atom. The van der Waals surface area contributed by atoms with Gasteiger partial charge in [-0.25, -0.2) is 4.98 Å². The minimum absolute atomic E-state index is 0.0234. The van der Waals surface area contributed by atoms with Crippen molar-refractivity contribution in [2.75, 3.05) is 32.4 Å². The summed E-state index contributed by atoms with van der Waals surface area (Å²) in [5, 5.41) is 0.797. The van der Waals surface area contributed by atoms with Crippen molar-refractivity contribution in [3.63, 3.8) is 0 Å². The fourth-order valence-electron chi connectivity index (χ4n) is 4.56. The standard InChI is InChI=1S/C23H30N4O2S/c1-30-23-24-17-20(27(23)19-9-3-2-4-10-19)22(29)26-15-13-25(14-16-26)21(28)12-11-18-7-5-6-8-18/h2-4,9-10,17-18H,5-8,11-16H2,1H3. The van der Waals surface area contributed by atoms with Gasteiger partial charge in [0.25, 0.3) is 5.91 Å². The summed E-state index contributed by atoms with van der Waals surface area (Å²) in [4.78, 5) is 34.1. The second-order valence-corrected chi connectivity index (χ2v) is 8.94. The molecule has 0 radical (unpaired) electrons. The lowest BCUT2D eigenvalue weighted by Gasteiger charge is -2.35. The van der Waals surface area contributed by atoms with E-state index in [1.807, 2.05) is 51.0 Å². The van der Waals surface area contributed by atoms with Crippen molar-refractivity contribution in [3.05, 3.63) is 42.2 Å². The number of piperazine rings is 1. The van der Waals surface area contributed by atoms with Crippen molar-refractivity contribution < 1.29 is 9.59 Å². The fraction of sp³-hybridized carbons (Fsp3) is 0.522. The van der Waals surface area contributed by atoms with Gasteiger partial charge < -0.3 is 9.80 Å². The number of imidazole rings is 1. The van der Waals surface area contributed by atoms with Crippen LogP contribution in [0.3, 0.4) is 0 Å². The highest BCUT2D eigenvalue weighted by molar-refractivity contribution is 7.98. The van der Waals surface area contributed by atoms with Gasteiger partial charge in [0.2, 0.25) is 5.91 Å². The van der Waals surface area contributed by atoms with E-state index in [9.17, 15) is 9.59 Å². The third kappa shape index (κ3) is 4.56. The molecular formula is C23H30N4O2S. The molecule has 0 bridgehead atoms. The van der Waals surface area contributed by atoms with E-state index in [0.29, 0.717) is 38.3 Å².